The maximum Gasteiger partial charge on any atom is 0.315 e. The summed E-state index contributed by atoms with van der Waals surface area (Å²) < 4.78 is 0. The molecule has 0 spiro atoms. The van der Waals surface area contributed by atoms with Gasteiger partial charge in [0.25, 0.3) is 0 Å². The zero-order chi connectivity index (χ0) is 15.0. The van der Waals surface area contributed by atoms with Crippen molar-refractivity contribution in [2.45, 2.75) is 64.8 Å². The molecular formula is C15H28N2O3. The number of nitrogens with one attached hydrogen (secondary N) is 2. The van der Waals surface area contributed by atoms with Gasteiger partial charge in [-0.05, 0) is 38.0 Å². The SMILES string of the molecule is CC1CCCC(NC(=O)NCCCC(C)C(=O)O)CC1. The summed E-state index contributed by atoms with van der Waals surface area (Å²) in [6.45, 7) is 4.49. The topological polar surface area (TPSA) is 78.4 Å². The molecule has 116 valence electrons. The highest BCUT2D eigenvalue weighted by Crippen LogP contribution is 2.22. The largest absolute Gasteiger partial charge is 0.481 e. The molecule has 0 aromatic heterocycles. The second-order valence-electron chi connectivity index (χ2n) is 6.09. The Hall–Kier alpha value is -1.26. The molecule has 0 bridgehead atoms. The highest BCUT2D eigenvalue weighted by Gasteiger charge is 2.17. The van der Waals surface area contributed by atoms with Gasteiger partial charge in [-0.3, -0.25) is 4.79 Å². The van der Waals surface area contributed by atoms with Gasteiger partial charge in [-0.15, -0.1) is 0 Å². The summed E-state index contributed by atoms with van der Waals surface area (Å²) in [5, 5.41) is 14.6. The van der Waals surface area contributed by atoms with Gasteiger partial charge in [0, 0.05) is 12.6 Å². The Bertz CT molecular complexity index is 320. The lowest BCUT2D eigenvalue weighted by Gasteiger charge is -2.17. The number of hydrogen-bond acceptors (Lipinski definition) is 2. The Kier molecular flexibility index (Phi) is 7.41. The predicted molar refractivity (Wildman–Crippen MR) is 78.6 cm³/mol. The van der Waals surface area contributed by atoms with Crippen molar-refractivity contribution in [2.24, 2.45) is 11.8 Å². The van der Waals surface area contributed by atoms with Crippen molar-refractivity contribution in [3.63, 3.8) is 0 Å². The molecule has 0 aliphatic heterocycles. The molecule has 2 amide bonds. The summed E-state index contributed by atoms with van der Waals surface area (Å²) in [4.78, 5) is 22.4. The summed E-state index contributed by atoms with van der Waals surface area (Å²) >= 11 is 0. The molecule has 1 saturated carbocycles. The Morgan fingerprint density at radius 3 is 2.70 bits per heavy atom. The van der Waals surface area contributed by atoms with Gasteiger partial charge in [0.05, 0.1) is 5.92 Å². The minimum atomic E-state index is -0.776. The van der Waals surface area contributed by atoms with E-state index < -0.39 is 5.97 Å². The monoisotopic (exact) mass is 284 g/mol. The van der Waals surface area contributed by atoms with E-state index in [1.807, 2.05) is 0 Å². The first-order valence-electron chi connectivity index (χ1n) is 7.76. The van der Waals surface area contributed by atoms with E-state index in [2.05, 4.69) is 17.6 Å². The Morgan fingerprint density at radius 1 is 1.25 bits per heavy atom. The van der Waals surface area contributed by atoms with Crippen LogP contribution in [0.25, 0.3) is 0 Å². The van der Waals surface area contributed by atoms with Gasteiger partial charge in [0.1, 0.15) is 0 Å². The summed E-state index contributed by atoms with van der Waals surface area (Å²) in [7, 11) is 0. The number of carboxylic acids is 1. The molecule has 1 fully saturated rings. The smallest absolute Gasteiger partial charge is 0.315 e. The van der Waals surface area contributed by atoms with E-state index in [-0.39, 0.29) is 18.0 Å². The van der Waals surface area contributed by atoms with Crippen molar-refractivity contribution in [2.75, 3.05) is 6.54 Å². The number of carbonyl (C=O) groups excluding carboxylic acids is 1. The van der Waals surface area contributed by atoms with Crippen LogP contribution in [0.1, 0.15) is 58.8 Å². The second kappa shape index (κ2) is 8.82. The third kappa shape index (κ3) is 6.78. The van der Waals surface area contributed by atoms with Crippen molar-refractivity contribution in [3.05, 3.63) is 0 Å². The molecule has 0 saturated heterocycles. The number of hydrogen-bond donors (Lipinski definition) is 3. The molecule has 0 radical (unpaired) electrons. The Morgan fingerprint density at radius 2 is 2.00 bits per heavy atom. The van der Waals surface area contributed by atoms with Gasteiger partial charge >= 0.3 is 12.0 Å². The first-order chi connectivity index (χ1) is 9.49. The molecule has 3 unspecified atom stereocenters. The van der Waals surface area contributed by atoms with Crippen molar-refractivity contribution in [1.29, 1.82) is 0 Å². The maximum atomic E-state index is 11.7. The molecule has 3 N–H and O–H groups in total. The average molecular weight is 284 g/mol. The van der Waals surface area contributed by atoms with Crippen LogP contribution < -0.4 is 10.6 Å². The lowest BCUT2D eigenvalue weighted by atomic mass is 10.0. The fraction of sp³-hybridized carbons (Fsp3) is 0.867. The molecule has 3 atom stereocenters. The van der Waals surface area contributed by atoms with Crippen LogP contribution in [-0.4, -0.2) is 29.7 Å². The highest BCUT2D eigenvalue weighted by atomic mass is 16.4. The lowest BCUT2D eigenvalue weighted by Crippen LogP contribution is -2.42. The molecule has 1 aliphatic rings. The van der Waals surface area contributed by atoms with E-state index in [1.165, 1.54) is 19.3 Å². The van der Waals surface area contributed by atoms with Crippen molar-refractivity contribution in [3.8, 4) is 0 Å². The Labute approximate surface area is 121 Å². The number of amides is 2. The number of carbonyl (C=O) groups is 2. The summed E-state index contributed by atoms with van der Waals surface area (Å²) in [5.41, 5.74) is 0. The third-order valence-corrected chi connectivity index (χ3v) is 4.11. The molecular weight excluding hydrogens is 256 g/mol. The van der Waals surface area contributed by atoms with Gasteiger partial charge in [-0.2, -0.15) is 0 Å². The molecule has 5 heteroatoms. The van der Waals surface area contributed by atoms with Crippen LogP contribution in [0, 0.1) is 11.8 Å². The van der Waals surface area contributed by atoms with E-state index in [9.17, 15) is 9.59 Å². The minimum absolute atomic E-state index is 0.118. The van der Waals surface area contributed by atoms with E-state index in [4.69, 9.17) is 5.11 Å². The van der Waals surface area contributed by atoms with E-state index in [0.717, 1.165) is 18.8 Å². The fourth-order valence-corrected chi connectivity index (χ4v) is 2.60. The number of urea groups is 1. The van der Waals surface area contributed by atoms with Crippen molar-refractivity contribution >= 4 is 12.0 Å². The van der Waals surface area contributed by atoms with Gasteiger partial charge in [-0.25, -0.2) is 4.79 Å². The van der Waals surface area contributed by atoms with Crippen LogP contribution in [0.4, 0.5) is 4.79 Å². The molecule has 0 aromatic rings. The lowest BCUT2D eigenvalue weighted by molar-refractivity contribution is -0.141. The van der Waals surface area contributed by atoms with Crippen LogP contribution in [0.3, 0.4) is 0 Å². The van der Waals surface area contributed by atoms with Gasteiger partial charge in [0.2, 0.25) is 0 Å². The maximum absolute atomic E-state index is 11.7. The summed E-state index contributed by atoms with van der Waals surface area (Å²) in [6.07, 6.45) is 7.04. The van der Waals surface area contributed by atoms with E-state index in [1.54, 1.807) is 6.92 Å². The third-order valence-electron chi connectivity index (χ3n) is 4.11. The molecule has 20 heavy (non-hydrogen) atoms. The predicted octanol–water partition coefficient (Wildman–Crippen LogP) is 2.76. The van der Waals surface area contributed by atoms with Crippen molar-refractivity contribution < 1.29 is 14.7 Å². The number of aliphatic carboxylic acids is 1. The average Bonchev–Trinajstić information content (AvgIpc) is 2.59. The normalized spacial score (nSPS) is 24.5. The first kappa shape index (κ1) is 16.8. The molecule has 5 nitrogen and oxygen atoms in total. The van der Waals surface area contributed by atoms with Crippen LogP contribution in [0.5, 0.6) is 0 Å². The zero-order valence-corrected chi connectivity index (χ0v) is 12.7. The second-order valence-corrected chi connectivity index (χ2v) is 6.09. The van der Waals surface area contributed by atoms with Crippen LogP contribution in [-0.2, 0) is 4.79 Å². The highest BCUT2D eigenvalue weighted by molar-refractivity contribution is 5.74. The first-order valence-corrected chi connectivity index (χ1v) is 7.76. The Balaban J connectivity index is 2.12. The van der Waals surface area contributed by atoms with Crippen LogP contribution in [0.15, 0.2) is 0 Å². The minimum Gasteiger partial charge on any atom is -0.481 e. The molecule has 1 aliphatic carbocycles. The zero-order valence-electron chi connectivity index (χ0n) is 12.7. The van der Waals surface area contributed by atoms with E-state index >= 15 is 0 Å². The van der Waals surface area contributed by atoms with Crippen LogP contribution >= 0.6 is 0 Å². The summed E-state index contributed by atoms with van der Waals surface area (Å²) in [6, 6.07) is 0.172. The van der Waals surface area contributed by atoms with Crippen LogP contribution in [0.2, 0.25) is 0 Å². The fourth-order valence-electron chi connectivity index (χ4n) is 2.60. The molecule has 0 heterocycles. The van der Waals surface area contributed by atoms with Crippen molar-refractivity contribution in [1.82, 2.24) is 10.6 Å². The van der Waals surface area contributed by atoms with Gasteiger partial charge < -0.3 is 15.7 Å². The van der Waals surface area contributed by atoms with E-state index in [0.29, 0.717) is 19.4 Å². The molecule has 0 aromatic carbocycles. The number of carboxylic acid groups (broad SMARTS) is 1. The standard InChI is InChI=1S/C15H28N2O3/c1-11-5-3-7-13(9-8-11)17-15(20)16-10-4-6-12(2)14(18)19/h11-13H,3-10H2,1-2H3,(H,18,19)(H2,16,17,20). The van der Waals surface area contributed by atoms with Gasteiger partial charge in [0.15, 0.2) is 0 Å². The number of rotatable bonds is 6. The molecule has 1 rings (SSSR count). The summed E-state index contributed by atoms with van der Waals surface area (Å²) in [5.74, 6) is -0.354. The van der Waals surface area contributed by atoms with Gasteiger partial charge in [-0.1, -0.05) is 26.7 Å². The quantitative estimate of drug-likeness (QED) is 0.518.